The Labute approximate surface area is 84.6 Å². The summed E-state index contributed by atoms with van der Waals surface area (Å²) in [6.07, 6.45) is 1.18. The van der Waals surface area contributed by atoms with Gasteiger partial charge in [-0.05, 0) is 32.0 Å². The quantitative estimate of drug-likeness (QED) is 0.744. The van der Waals surface area contributed by atoms with E-state index in [9.17, 15) is 0 Å². The van der Waals surface area contributed by atoms with Crippen LogP contribution in [-0.2, 0) is 6.42 Å². The molecular weight excluding hydrogens is 180 g/mol. The number of hydrogen-bond acceptors (Lipinski definition) is 3. The van der Waals surface area contributed by atoms with Crippen molar-refractivity contribution in [2.45, 2.75) is 6.42 Å². The van der Waals surface area contributed by atoms with Crippen LogP contribution in [0.3, 0.4) is 0 Å². The van der Waals surface area contributed by atoms with Gasteiger partial charge in [-0.1, -0.05) is 6.07 Å². The van der Waals surface area contributed by atoms with Crippen molar-refractivity contribution in [2.75, 3.05) is 33.7 Å². The van der Waals surface area contributed by atoms with E-state index in [-0.39, 0.29) is 0 Å². The normalized spacial score (nSPS) is 11.0. The lowest BCUT2D eigenvalue weighted by Gasteiger charge is -2.15. The van der Waals surface area contributed by atoms with Gasteiger partial charge in [-0.2, -0.15) is 0 Å². The average Bonchev–Trinajstić information content (AvgIpc) is 2.64. The lowest BCUT2D eigenvalue weighted by atomic mass is 10.3. The van der Waals surface area contributed by atoms with Gasteiger partial charge in [0.05, 0.1) is 0 Å². The molecule has 0 aromatic carbocycles. The lowest BCUT2D eigenvalue weighted by molar-refractivity contribution is 0.340. The fourth-order valence-electron chi connectivity index (χ4n) is 1.17. The van der Waals surface area contributed by atoms with Gasteiger partial charge in [-0.15, -0.1) is 11.3 Å². The third-order valence-corrected chi connectivity index (χ3v) is 3.00. The zero-order valence-electron chi connectivity index (χ0n) is 8.42. The molecule has 0 spiro atoms. The molecular formula is C10H18N2S. The Kier molecular flexibility index (Phi) is 5.05. The Bertz CT molecular complexity index is 209. The van der Waals surface area contributed by atoms with Crippen LogP contribution in [0.4, 0.5) is 0 Å². The van der Waals surface area contributed by atoms with Gasteiger partial charge in [0.1, 0.15) is 0 Å². The first kappa shape index (κ1) is 10.7. The number of nitrogens with one attached hydrogen (secondary N) is 1. The van der Waals surface area contributed by atoms with E-state index < -0.39 is 0 Å². The van der Waals surface area contributed by atoms with E-state index in [1.54, 1.807) is 0 Å². The van der Waals surface area contributed by atoms with E-state index in [1.165, 1.54) is 11.3 Å². The van der Waals surface area contributed by atoms with Gasteiger partial charge in [0.15, 0.2) is 0 Å². The average molecular weight is 198 g/mol. The summed E-state index contributed by atoms with van der Waals surface area (Å²) < 4.78 is 0. The minimum atomic E-state index is 1.07. The predicted molar refractivity (Wildman–Crippen MR) is 59.4 cm³/mol. The van der Waals surface area contributed by atoms with Crippen LogP contribution in [-0.4, -0.2) is 38.6 Å². The van der Waals surface area contributed by atoms with Crippen molar-refractivity contribution < 1.29 is 0 Å². The van der Waals surface area contributed by atoms with E-state index in [1.807, 2.05) is 18.4 Å². The van der Waals surface area contributed by atoms with Crippen molar-refractivity contribution in [3.8, 4) is 0 Å². The van der Waals surface area contributed by atoms with Crippen LogP contribution in [0.1, 0.15) is 4.88 Å². The molecule has 0 fully saturated rings. The summed E-state index contributed by atoms with van der Waals surface area (Å²) in [5, 5.41) is 5.29. The Hall–Kier alpha value is -0.380. The van der Waals surface area contributed by atoms with Crippen LogP contribution < -0.4 is 5.32 Å². The molecule has 1 aromatic rings. The number of thiophene rings is 1. The second-order valence-electron chi connectivity index (χ2n) is 3.24. The molecule has 3 heteroatoms. The van der Waals surface area contributed by atoms with Gasteiger partial charge in [0.25, 0.3) is 0 Å². The molecule has 0 aliphatic heterocycles. The van der Waals surface area contributed by atoms with Crippen LogP contribution in [0.25, 0.3) is 0 Å². The maximum atomic E-state index is 3.15. The maximum absolute atomic E-state index is 3.15. The summed E-state index contributed by atoms with van der Waals surface area (Å²) in [5.41, 5.74) is 0. The number of likely N-dealkylation sites (N-methyl/N-ethyl adjacent to an activating group) is 2. The Morgan fingerprint density at radius 3 is 2.92 bits per heavy atom. The predicted octanol–water partition coefficient (Wildman–Crippen LogP) is 1.44. The summed E-state index contributed by atoms with van der Waals surface area (Å²) >= 11 is 1.85. The summed E-state index contributed by atoms with van der Waals surface area (Å²) in [5.74, 6) is 0. The Balaban J connectivity index is 2.11. The molecule has 0 saturated heterocycles. The molecule has 2 nitrogen and oxygen atoms in total. The first-order chi connectivity index (χ1) is 6.33. The fraction of sp³-hybridized carbons (Fsp3) is 0.600. The minimum absolute atomic E-state index is 1.07. The monoisotopic (exact) mass is 198 g/mol. The summed E-state index contributed by atoms with van der Waals surface area (Å²) in [7, 11) is 4.16. The highest BCUT2D eigenvalue weighted by molar-refractivity contribution is 7.09. The molecule has 1 aromatic heterocycles. The van der Waals surface area contributed by atoms with E-state index in [0.29, 0.717) is 0 Å². The molecule has 0 saturated carbocycles. The third kappa shape index (κ3) is 4.41. The first-order valence-electron chi connectivity index (χ1n) is 4.68. The summed E-state index contributed by atoms with van der Waals surface area (Å²) in [6, 6.07) is 4.32. The number of nitrogens with zero attached hydrogens (tertiary/aromatic N) is 1. The Morgan fingerprint density at radius 2 is 2.31 bits per heavy atom. The molecule has 74 valence electrons. The highest BCUT2D eigenvalue weighted by atomic mass is 32.1. The van der Waals surface area contributed by atoms with Crippen molar-refractivity contribution in [2.24, 2.45) is 0 Å². The smallest absolute Gasteiger partial charge is 0.0104 e. The molecule has 0 amide bonds. The van der Waals surface area contributed by atoms with Gasteiger partial charge in [0, 0.05) is 24.5 Å². The highest BCUT2D eigenvalue weighted by Crippen LogP contribution is 2.08. The second-order valence-corrected chi connectivity index (χ2v) is 4.27. The number of hydrogen-bond donors (Lipinski definition) is 1. The van der Waals surface area contributed by atoms with Crippen molar-refractivity contribution >= 4 is 11.3 Å². The molecule has 0 aliphatic carbocycles. The van der Waals surface area contributed by atoms with Gasteiger partial charge >= 0.3 is 0 Å². The van der Waals surface area contributed by atoms with Crippen molar-refractivity contribution in [1.82, 2.24) is 10.2 Å². The second kappa shape index (κ2) is 6.13. The maximum Gasteiger partial charge on any atom is 0.0104 e. The molecule has 0 radical (unpaired) electrons. The SMILES string of the molecule is CNCCN(C)CCc1cccs1. The lowest BCUT2D eigenvalue weighted by Crippen LogP contribution is -2.28. The van der Waals surface area contributed by atoms with Crippen molar-refractivity contribution in [3.63, 3.8) is 0 Å². The summed E-state index contributed by atoms with van der Waals surface area (Å²) in [6.45, 7) is 3.35. The first-order valence-corrected chi connectivity index (χ1v) is 5.56. The summed E-state index contributed by atoms with van der Waals surface area (Å²) in [4.78, 5) is 3.84. The fourth-order valence-corrected chi connectivity index (χ4v) is 1.87. The van der Waals surface area contributed by atoms with Crippen molar-refractivity contribution in [3.05, 3.63) is 22.4 Å². The van der Waals surface area contributed by atoms with E-state index in [2.05, 4.69) is 34.8 Å². The molecule has 1 rings (SSSR count). The van der Waals surface area contributed by atoms with E-state index >= 15 is 0 Å². The minimum Gasteiger partial charge on any atom is -0.318 e. The van der Waals surface area contributed by atoms with Crippen LogP contribution in [0.15, 0.2) is 17.5 Å². The van der Waals surface area contributed by atoms with Crippen LogP contribution in [0.2, 0.25) is 0 Å². The molecule has 0 atom stereocenters. The third-order valence-electron chi connectivity index (χ3n) is 2.06. The molecule has 13 heavy (non-hydrogen) atoms. The van der Waals surface area contributed by atoms with Gasteiger partial charge in [0.2, 0.25) is 0 Å². The van der Waals surface area contributed by atoms with Crippen molar-refractivity contribution in [1.29, 1.82) is 0 Å². The van der Waals surface area contributed by atoms with Crippen LogP contribution in [0.5, 0.6) is 0 Å². The van der Waals surface area contributed by atoms with E-state index in [4.69, 9.17) is 0 Å². The molecule has 0 unspecified atom stereocenters. The van der Waals surface area contributed by atoms with Gasteiger partial charge in [-0.3, -0.25) is 0 Å². The zero-order valence-corrected chi connectivity index (χ0v) is 9.23. The van der Waals surface area contributed by atoms with E-state index in [0.717, 1.165) is 19.6 Å². The number of rotatable bonds is 6. The van der Waals surface area contributed by atoms with Crippen LogP contribution in [0, 0.1) is 0 Å². The topological polar surface area (TPSA) is 15.3 Å². The van der Waals surface area contributed by atoms with Gasteiger partial charge < -0.3 is 10.2 Å². The molecule has 0 aliphatic rings. The highest BCUT2D eigenvalue weighted by Gasteiger charge is 1.98. The van der Waals surface area contributed by atoms with Crippen LogP contribution >= 0.6 is 11.3 Å². The molecule has 1 N–H and O–H groups in total. The standard InChI is InChI=1S/C10H18N2S/c1-11-6-8-12(2)7-5-10-4-3-9-13-10/h3-4,9,11H,5-8H2,1-2H3. The molecule has 1 heterocycles. The zero-order chi connectivity index (χ0) is 9.52. The Morgan fingerprint density at radius 1 is 1.46 bits per heavy atom. The molecule has 0 bridgehead atoms. The van der Waals surface area contributed by atoms with Gasteiger partial charge in [-0.25, -0.2) is 0 Å². The largest absolute Gasteiger partial charge is 0.318 e.